The third-order valence-electron chi connectivity index (χ3n) is 3.37. The topological polar surface area (TPSA) is 94.9 Å². The molecule has 7 nitrogen and oxygen atoms in total. The minimum atomic E-state index is -0.00575. The predicted octanol–water partition coefficient (Wildman–Crippen LogP) is 2.29. The number of hydrogen-bond donors (Lipinski definition) is 0. The SMILES string of the molecule is [N-]=[N+]=NCC1CC(=O)N(c2nccc3cccnc23)C1. The van der Waals surface area contributed by atoms with Gasteiger partial charge in [0.25, 0.3) is 0 Å². The highest BCUT2D eigenvalue weighted by Gasteiger charge is 2.31. The normalized spacial score (nSPS) is 18.3. The molecule has 0 N–H and O–H groups in total. The second kappa shape index (κ2) is 5.14. The first-order chi connectivity index (χ1) is 9.79. The van der Waals surface area contributed by atoms with Crippen molar-refractivity contribution in [2.75, 3.05) is 18.0 Å². The molecule has 0 aliphatic carbocycles. The van der Waals surface area contributed by atoms with E-state index in [4.69, 9.17) is 5.53 Å². The van der Waals surface area contributed by atoms with E-state index in [1.807, 2.05) is 18.2 Å². The van der Waals surface area contributed by atoms with Crippen LogP contribution in [0.5, 0.6) is 0 Å². The number of amides is 1. The van der Waals surface area contributed by atoms with Crippen LogP contribution in [0.4, 0.5) is 5.82 Å². The molecule has 20 heavy (non-hydrogen) atoms. The average molecular weight is 268 g/mol. The van der Waals surface area contributed by atoms with Crippen molar-refractivity contribution in [2.24, 2.45) is 11.0 Å². The van der Waals surface area contributed by atoms with Gasteiger partial charge in [-0.05, 0) is 23.6 Å². The summed E-state index contributed by atoms with van der Waals surface area (Å²) in [5.41, 5.74) is 9.07. The van der Waals surface area contributed by atoms with Gasteiger partial charge in [-0.25, -0.2) is 4.98 Å². The van der Waals surface area contributed by atoms with Crippen molar-refractivity contribution in [2.45, 2.75) is 6.42 Å². The summed E-state index contributed by atoms with van der Waals surface area (Å²) in [6, 6.07) is 5.65. The molecular formula is C13H12N6O. The maximum atomic E-state index is 12.1. The Bertz CT molecular complexity index is 704. The Balaban J connectivity index is 1.95. The fourth-order valence-corrected chi connectivity index (χ4v) is 2.45. The molecule has 0 aromatic carbocycles. The van der Waals surface area contributed by atoms with E-state index in [1.54, 1.807) is 17.3 Å². The van der Waals surface area contributed by atoms with Crippen molar-refractivity contribution < 1.29 is 4.79 Å². The molecule has 2 aromatic rings. The van der Waals surface area contributed by atoms with E-state index in [2.05, 4.69) is 20.0 Å². The highest BCUT2D eigenvalue weighted by Crippen LogP contribution is 2.28. The number of hydrogen-bond acceptors (Lipinski definition) is 4. The van der Waals surface area contributed by atoms with Crippen LogP contribution >= 0.6 is 0 Å². The standard InChI is InChI=1S/C13H12N6O/c14-18-17-7-9-6-11(20)19(8-9)13-12-10(3-5-16-13)2-1-4-15-12/h1-5,9H,6-8H2. The second-order valence-corrected chi connectivity index (χ2v) is 4.70. The summed E-state index contributed by atoms with van der Waals surface area (Å²) in [6.45, 7) is 0.845. The summed E-state index contributed by atoms with van der Waals surface area (Å²) in [7, 11) is 0. The number of pyridine rings is 2. The summed E-state index contributed by atoms with van der Waals surface area (Å²) in [5.74, 6) is 0.615. The van der Waals surface area contributed by atoms with Crippen LogP contribution in [0.2, 0.25) is 0 Å². The van der Waals surface area contributed by atoms with Crippen LogP contribution in [0, 0.1) is 5.92 Å². The van der Waals surface area contributed by atoms with Crippen molar-refractivity contribution in [3.05, 3.63) is 41.0 Å². The first-order valence-electron chi connectivity index (χ1n) is 6.30. The number of carbonyl (C=O) groups excluding carboxylic acids is 1. The maximum absolute atomic E-state index is 12.1. The molecule has 0 bridgehead atoms. The van der Waals surface area contributed by atoms with Gasteiger partial charge < -0.3 is 0 Å². The molecule has 2 aromatic heterocycles. The van der Waals surface area contributed by atoms with E-state index < -0.39 is 0 Å². The summed E-state index contributed by atoms with van der Waals surface area (Å²) in [4.78, 5) is 25.1. The molecule has 1 fully saturated rings. The van der Waals surface area contributed by atoms with Crippen molar-refractivity contribution in [3.8, 4) is 0 Å². The maximum Gasteiger partial charge on any atom is 0.228 e. The molecule has 3 rings (SSSR count). The van der Waals surface area contributed by atoms with Gasteiger partial charge >= 0.3 is 0 Å². The molecule has 1 atom stereocenters. The number of nitrogens with zero attached hydrogens (tertiary/aromatic N) is 6. The van der Waals surface area contributed by atoms with Gasteiger partial charge in [0, 0.05) is 42.2 Å². The molecule has 7 heteroatoms. The fraction of sp³-hybridized carbons (Fsp3) is 0.308. The molecule has 1 aliphatic rings. The van der Waals surface area contributed by atoms with E-state index >= 15 is 0 Å². The zero-order chi connectivity index (χ0) is 13.9. The van der Waals surface area contributed by atoms with Gasteiger partial charge in [-0.1, -0.05) is 11.2 Å². The van der Waals surface area contributed by atoms with Gasteiger partial charge in [-0.3, -0.25) is 14.7 Å². The smallest absolute Gasteiger partial charge is 0.228 e. The zero-order valence-corrected chi connectivity index (χ0v) is 10.7. The highest BCUT2D eigenvalue weighted by molar-refractivity contribution is 6.01. The Labute approximate surface area is 114 Å². The largest absolute Gasteiger partial charge is 0.295 e. The van der Waals surface area contributed by atoms with Gasteiger partial charge in [0.05, 0.1) is 0 Å². The molecule has 3 heterocycles. The molecule has 1 amide bonds. The Hall–Kier alpha value is -2.66. The lowest BCUT2D eigenvalue weighted by Gasteiger charge is -2.16. The van der Waals surface area contributed by atoms with Gasteiger partial charge in [0.1, 0.15) is 5.52 Å². The minimum Gasteiger partial charge on any atom is -0.295 e. The highest BCUT2D eigenvalue weighted by atomic mass is 16.2. The van der Waals surface area contributed by atoms with E-state index in [0.29, 0.717) is 30.8 Å². The van der Waals surface area contributed by atoms with Crippen LogP contribution in [0.1, 0.15) is 6.42 Å². The summed E-state index contributed by atoms with van der Waals surface area (Å²) in [6.07, 6.45) is 3.74. The van der Waals surface area contributed by atoms with Crippen molar-refractivity contribution in [1.82, 2.24) is 9.97 Å². The van der Waals surface area contributed by atoms with Crippen LogP contribution in [0.25, 0.3) is 21.3 Å². The van der Waals surface area contributed by atoms with Gasteiger partial charge in [-0.2, -0.15) is 0 Å². The quantitative estimate of drug-likeness (QED) is 0.485. The van der Waals surface area contributed by atoms with Crippen LogP contribution in [-0.2, 0) is 4.79 Å². The summed E-state index contributed by atoms with van der Waals surface area (Å²) >= 11 is 0. The number of anilines is 1. The van der Waals surface area contributed by atoms with E-state index in [-0.39, 0.29) is 11.8 Å². The molecule has 0 radical (unpaired) electrons. The first kappa shape index (κ1) is 12.4. The van der Waals surface area contributed by atoms with Crippen molar-refractivity contribution >= 4 is 22.6 Å². The molecule has 100 valence electrons. The molecule has 1 saturated heterocycles. The lowest BCUT2D eigenvalue weighted by molar-refractivity contribution is -0.117. The fourth-order valence-electron chi connectivity index (χ4n) is 2.45. The summed E-state index contributed by atoms with van der Waals surface area (Å²) < 4.78 is 0. The number of carbonyl (C=O) groups is 1. The van der Waals surface area contributed by atoms with E-state index in [0.717, 1.165) is 5.39 Å². The Morgan fingerprint density at radius 1 is 1.40 bits per heavy atom. The molecule has 0 saturated carbocycles. The zero-order valence-electron chi connectivity index (χ0n) is 10.7. The molecule has 1 aliphatic heterocycles. The van der Waals surface area contributed by atoms with Crippen molar-refractivity contribution in [3.63, 3.8) is 0 Å². The van der Waals surface area contributed by atoms with Gasteiger partial charge in [0.15, 0.2) is 5.82 Å². The van der Waals surface area contributed by atoms with Gasteiger partial charge in [-0.15, -0.1) is 0 Å². The Morgan fingerprint density at radius 3 is 3.15 bits per heavy atom. The third kappa shape index (κ3) is 2.15. The molecule has 0 spiro atoms. The van der Waals surface area contributed by atoms with Crippen molar-refractivity contribution in [1.29, 1.82) is 0 Å². The molecule has 1 unspecified atom stereocenters. The number of aromatic nitrogens is 2. The number of fused-ring (bicyclic) bond motifs is 1. The lowest BCUT2D eigenvalue weighted by Crippen LogP contribution is -2.26. The van der Waals surface area contributed by atoms with Crippen LogP contribution in [0.3, 0.4) is 0 Å². The predicted molar refractivity (Wildman–Crippen MR) is 74.0 cm³/mol. The number of azide groups is 1. The number of rotatable bonds is 3. The monoisotopic (exact) mass is 268 g/mol. The van der Waals surface area contributed by atoms with Crippen LogP contribution < -0.4 is 4.90 Å². The Kier molecular flexibility index (Phi) is 3.18. The van der Waals surface area contributed by atoms with Crippen LogP contribution in [-0.4, -0.2) is 29.0 Å². The Morgan fingerprint density at radius 2 is 2.30 bits per heavy atom. The van der Waals surface area contributed by atoms with E-state index in [1.165, 1.54) is 0 Å². The minimum absolute atomic E-state index is 0.00575. The average Bonchev–Trinajstić information content (AvgIpc) is 2.85. The first-order valence-corrected chi connectivity index (χ1v) is 6.30. The summed E-state index contributed by atoms with van der Waals surface area (Å²) in [5, 5.41) is 4.49. The third-order valence-corrected chi connectivity index (χ3v) is 3.37. The lowest BCUT2D eigenvalue weighted by atomic mass is 10.1. The van der Waals surface area contributed by atoms with Crippen LogP contribution in [0.15, 0.2) is 35.7 Å². The molecular weight excluding hydrogens is 256 g/mol. The second-order valence-electron chi connectivity index (χ2n) is 4.70. The van der Waals surface area contributed by atoms with Gasteiger partial charge in [0.2, 0.25) is 5.91 Å². The van der Waals surface area contributed by atoms with E-state index in [9.17, 15) is 4.79 Å².